The number of aliphatic hydroxyl groups excluding tert-OH is 3. The number of allylic oxidation sites excluding steroid dienone is 4. The van der Waals surface area contributed by atoms with Crippen molar-refractivity contribution in [3.63, 3.8) is 0 Å². The predicted molar refractivity (Wildman–Crippen MR) is 345 cm³/mol. The molecule has 0 amide bonds. The molecule has 0 heterocycles. The van der Waals surface area contributed by atoms with E-state index in [2.05, 4.69) is 212 Å². The minimum Gasteiger partial charge on any atom is -0.481 e. The molecule has 2 aromatic rings. The Labute approximate surface area is 497 Å². The highest BCUT2D eigenvalue weighted by molar-refractivity contribution is 7.53. The molecule has 3 N–H and O–H groups in total. The van der Waals surface area contributed by atoms with Gasteiger partial charge in [0, 0.05) is 41.7 Å². The molecule has 2 rings (SSSR count). The number of carbonyl (C=O) groups is 1. The van der Waals surface area contributed by atoms with Crippen molar-refractivity contribution in [2.45, 2.75) is 245 Å². The first-order valence-electron chi connectivity index (χ1n) is 29.9. The van der Waals surface area contributed by atoms with Crippen LogP contribution in [0.1, 0.15) is 203 Å². The van der Waals surface area contributed by atoms with E-state index in [1.807, 2.05) is 49.4 Å². The van der Waals surface area contributed by atoms with Crippen LogP contribution in [-0.2, 0) is 18.4 Å². The van der Waals surface area contributed by atoms with Crippen molar-refractivity contribution < 1.29 is 43.2 Å². The molecule has 0 radical (unpaired) electrons. The summed E-state index contributed by atoms with van der Waals surface area (Å²) in [5, 5.41) is 33.2. The Morgan fingerprint density at radius 3 is 1.05 bits per heavy atom. The molecule has 0 aliphatic heterocycles. The molecule has 0 saturated heterocycles. The number of esters is 1. The van der Waals surface area contributed by atoms with E-state index in [4.69, 9.17) is 18.5 Å². The molecule has 3 unspecified atom stereocenters. The van der Waals surface area contributed by atoms with Crippen molar-refractivity contribution in [3.8, 4) is 11.5 Å². The number of ether oxygens (including phenoxy) is 2. The summed E-state index contributed by atoms with van der Waals surface area (Å²) >= 11 is 0. The second-order valence-corrected chi connectivity index (χ2v) is 30.7. The first kappa shape index (κ1) is 77.8. The van der Waals surface area contributed by atoms with Gasteiger partial charge in [0.2, 0.25) is 0 Å². The maximum absolute atomic E-state index is 12.5. The second kappa shape index (κ2) is 34.1. The molecule has 0 bridgehead atoms. The van der Waals surface area contributed by atoms with Crippen LogP contribution in [0.2, 0.25) is 0 Å². The van der Waals surface area contributed by atoms with Gasteiger partial charge in [-0.15, -0.1) is 0 Å². The summed E-state index contributed by atoms with van der Waals surface area (Å²) in [4.78, 5) is 17.9. The van der Waals surface area contributed by atoms with Crippen molar-refractivity contribution in [1.29, 1.82) is 0 Å². The summed E-state index contributed by atoms with van der Waals surface area (Å²) in [6, 6.07) is 15.2. The molecular formula is C68H122N3O9P. The van der Waals surface area contributed by atoms with E-state index in [9.17, 15) is 24.7 Å². The van der Waals surface area contributed by atoms with E-state index < -0.39 is 19.8 Å². The zero-order valence-corrected chi connectivity index (χ0v) is 57.5. The van der Waals surface area contributed by atoms with Gasteiger partial charge < -0.3 is 33.8 Å². The smallest absolute Gasteiger partial charge is 0.367 e. The van der Waals surface area contributed by atoms with Gasteiger partial charge in [0.1, 0.15) is 11.5 Å². The average molecular weight is 1160 g/mol. The van der Waals surface area contributed by atoms with E-state index in [1.165, 1.54) is 6.92 Å². The summed E-state index contributed by atoms with van der Waals surface area (Å²) in [5.41, 5.74) is 2.04. The van der Waals surface area contributed by atoms with Gasteiger partial charge in [0.15, 0.2) is 6.35 Å². The van der Waals surface area contributed by atoms with Crippen molar-refractivity contribution in [2.24, 2.45) is 34.0 Å². The van der Waals surface area contributed by atoms with Gasteiger partial charge in [-0.3, -0.25) is 24.1 Å². The van der Waals surface area contributed by atoms with Gasteiger partial charge in [-0.2, -0.15) is 0 Å². The van der Waals surface area contributed by atoms with Crippen LogP contribution in [0, 0.1) is 34.0 Å². The van der Waals surface area contributed by atoms with Gasteiger partial charge in [0.25, 0.3) is 0 Å². The average Bonchev–Trinajstić information content (AvgIpc) is 3.31. The molecule has 0 aliphatic rings. The van der Waals surface area contributed by atoms with Gasteiger partial charge in [-0.25, -0.2) is 0 Å². The van der Waals surface area contributed by atoms with Crippen LogP contribution < -0.4 is 9.47 Å². The molecule has 0 aromatic heterocycles. The first-order valence-corrected chi connectivity index (χ1v) is 31.6. The Bertz CT molecular complexity index is 2190. The highest BCUT2D eigenvalue weighted by Crippen LogP contribution is 2.48. The maximum Gasteiger partial charge on any atom is 0.367 e. The molecule has 2 aromatic carbocycles. The van der Waals surface area contributed by atoms with E-state index >= 15 is 0 Å². The molecule has 0 aliphatic carbocycles. The van der Waals surface area contributed by atoms with Crippen molar-refractivity contribution in [2.75, 3.05) is 40.7 Å². The van der Waals surface area contributed by atoms with Crippen LogP contribution >= 0.6 is 7.60 Å². The van der Waals surface area contributed by atoms with Crippen LogP contribution in [0.4, 0.5) is 0 Å². The maximum atomic E-state index is 12.5. The lowest BCUT2D eigenvalue weighted by molar-refractivity contribution is -0.131. The number of hydrogen-bond acceptors (Lipinski definition) is 12. The number of benzene rings is 2. The Morgan fingerprint density at radius 2 is 0.802 bits per heavy atom. The molecular weight excluding hydrogens is 1030 g/mol. The lowest BCUT2D eigenvalue weighted by Crippen LogP contribution is -2.57. The Kier molecular flexibility index (Phi) is 32.8. The SMILES string of the molecule is C/C=C/C[C@@H](C)[C@@H](O)C(N(C)C(C)(C)C)C(C)(C)C.CC(=O)Oc1ccc(/C=C/C[C@@H](C)[C@@H](O)C(N(C)C(C)(C)C)C(C)(C)C)cc1.CCOP(=O)(COc1ccc(/C=C/C[C@@H](C)[C@@H](O)C(N(C)C(C)(C)C)C(C)(C)C)cc1)OCC. The molecule has 0 fully saturated rings. The molecule has 468 valence electrons. The molecule has 81 heavy (non-hydrogen) atoms. The summed E-state index contributed by atoms with van der Waals surface area (Å²) < 4.78 is 33.7. The normalized spacial score (nSPS) is 16.8. The minimum atomic E-state index is -3.24. The number of likely N-dealkylation sites (N-methyl/N-ethyl adjacent to an activating group) is 3. The lowest BCUT2D eigenvalue weighted by Gasteiger charge is -2.48. The van der Waals surface area contributed by atoms with Crippen LogP contribution in [0.3, 0.4) is 0 Å². The molecule has 0 saturated carbocycles. The van der Waals surface area contributed by atoms with E-state index in [1.54, 1.807) is 26.0 Å². The first-order chi connectivity index (χ1) is 36.8. The van der Waals surface area contributed by atoms with E-state index in [-0.39, 0.29) is 87.2 Å². The molecule has 13 heteroatoms. The number of hydrogen-bond donors (Lipinski definition) is 3. The van der Waals surface area contributed by atoms with E-state index in [0.29, 0.717) is 24.7 Å². The summed E-state index contributed by atoms with van der Waals surface area (Å²) in [5.74, 6) is 1.35. The van der Waals surface area contributed by atoms with Gasteiger partial charge in [-0.05, 0) is 193 Å². The molecule has 12 nitrogen and oxygen atoms in total. The van der Waals surface area contributed by atoms with Crippen molar-refractivity contribution >= 4 is 25.7 Å². The third-order valence-corrected chi connectivity index (χ3v) is 17.0. The second-order valence-electron chi connectivity index (χ2n) is 28.7. The summed E-state index contributed by atoms with van der Waals surface area (Å²) in [6.45, 7) is 53.4. The van der Waals surface area contributed by atoms with Crippen LogP contribution in [0.15, 0.2) is 72.8 Å². The fraction of sp³-hybridized carbons (Fsp3) is 0.721. The minimum absolute atomic E-state index is 0.0157. The fourth-order valence-corrected chi connectivity index (χ4v) is 11.2. The van der Waals surface area contributed by atoms with Gasteiger partial charge >= 0.3 is 13.6 Å². The van der Waals surface area contributed by atoms with Crippen molar-refractivity contribution in [1.82, 2.24) is 14.7 Å². The quantitative estimate of drug-likeness (QED) is 0.0377. The largest absolute Gasteiger partial charge is 0.481 e. The third-order valence-electron chi connectivity index (χ3n) is 15.3. The number of nitrogens with zero attached hydrogens (tertiary/aromatic N) is 3. The number of carbonyl (C=O) groups excluding carboxylic acids is 1. The number of aliphatic hydroxyl groups is 3. The van der Waals surface area contributed by atoms with Crippen LogP contribution in [0.25, 0.3) is 12.2 Å². The number of rotatable bonds is 25. The predicted octanol–water partition coefficient (Wildman–Crippen LogP) is 16.1. The third kappa shape index (κ3) is 28.5. The highest BCUT2D eigenvalue weighted by Gasteiger charge is 2.43. The molecule has 9 atom stereocenters. The Morgan fingerprint density at radius 1 is 0.519 bits per heavy atom. The monoisotopic (exact) mass is 1160 g/mol. The standard InChI is InChI=1S/C27H48NO5P.C24H39NO3.C17H35NO/c1-11-32-34(30,33-12-2)20-31-23-18-16-22(17-19-23)15-13-14-21(3)24(29)25(26(4,5)6)28(10)27(7,8)9;1-17(21(27)22(23(3,4)5)25(9)24(6,7)8)11-10-12-19-13-15-20(16-14-19)28-18(2)26;1-10-11-12-13(2)14(19)15(16(3,4)5)18(9)17(6,7)8/h13,15-19,21,24-25,29H,11-12,14,20H2,1-10H3;10,12-17,21-22,27H,11H2,1-9H3;10-11,13-15,19H,12H2,1-9H3/b15-13+;12-10+;11-10+/t21-,24-,25?;17-,21-,22?;13-,14-,15?/m111/s1. The lowest BCUT2D eigenvalue weighted by atomic mass is 9.76. The Balaban J connectivity index is 0.00000123. The summed E-state index contributed by atoms with van der Waals surface area (Å²) in [6.07, 6.45) is 13.7. The zero-order chi connectivity index (χ0) is 63.3. The van der Waals surface area contributed by atoms with E-state index in [0.717, 1.165) is 30.4 Å². The Hall–Kier alpha value is -3.16. The van der Waals surface area contributed by atoms with Gasteiger partial charge in [0.05, 0.1) is 31.5 Å². The van der Waals surface area contributed by atoms with Crippen LogP contribution in [-0.4, -0.2) is 130 Å². The zero-order valence-electron chi connectivity index (χ0n) is 56.6. The van der Waals surface area contributed by atoms with Crippen LogP contribution in [0.5, 0.6) is 11.5 Å². The summed E-state index contributed by atoms with van der Waals surface area (Å²) in [7, 11) is 3.10. The van der Waals surface area contributed by atoms with Crippen molar-refractivity contribution in [3.05, 3.63) is 84.0 Å². The fourth-order valence-electron chi connectivity index (χ4n) is 9.91. The van der Waals surface area contributed by atoms with Gasteiger partial charge in [-0.1, -0.05) is 144 Å². The topological polar surface area (TPSA) is 141 Å². The highest BCUT2D eigenvalue weighted by atomic mass is 31.2. The molecule has 0 spiro atoms.